The van der Waals surface area contributed by atoms with Crippen LogP contribution < -0.4 is 16.6 Å². The first-order valence-electron chi connectivity index (χ1n) is 3.34. The SMILES string of the molecule is C=NNc1cc(NN=C)nc(N)n1. The van der Waals surface area contributed by atoms with Crippen molar-refractivity contribution in [3.05, 3.63) is 6.07 Å². The Morgan fingerprint density at radius 2 is 1.62 bits per heavy atom. The Labute approximate surface area is 74.8 Å². The molecule has 0 bridgehead atoms. The van der Waals surface area contributed by atoms with Crippen molar-refractivity contribution in [2.75, 3.05) is 16.6 Å². The molecule has 0 radical (unpaired) electrons. The Kier molecular flexibility index (Phi) is 2.74. The van der Waals surface area contributed by atoms with E-state index in [0.29, 0.717) is 11.6 Å². The predicted molar refractivity (Wildman–Crippen MR) is 52.8 cm³/mol. The molecular weight excluding hydrogens is 170 g/mol. The van der Waals surface area contributed by atoms with Crippen molar-refractivity contribution in [3.63, 3.8) is 0 Å². The van der Waals surface area contributed by atoms with Crippen LogP contribution >= 0.6 is 0 Å². The van der Waals surface area contributed by atoms with Crippen molar-refractivity contribution in [1.29, 1.82) is 0 Å². The quantitative estimate of drug-likeness (QED) is 0.450. The molecule has 0 unspecified atom stereocenters. The molecule has 0 amide bonds. The lowest BCUT2D eigenvalue weighted by Gasteiger charge is -2.03. The van der Waals surface area contributed by atoms with E-state index in [-0.39, 0.29) is 5.95 Å². The fourth-order valence-electron chi connectivity index (χ4n) is 0.742. The highest BCUT2D eigenvalue weighted by Crippen LogP contribution is 2.11. The number of hydrogen-bond acceptors (Lipinski definition) is 7. The molecule has 0 atom stereocenters. The van der Waals surface area contributed by atoms with Gasteiger partial charge < -0.3 is 5.73 Å². The van der Waals surface area contributed by atoms with Crippen LogP contribution in [0.15, 0.2) is 16.3 Å². The van der Waals surface area contributed by atoms with Gasteiger partial charge in [0.2, 0.25) is 5.95 Å². The molecule has 0 spiro atoms. The van der Waals surface area contributed by atoms with Crippen molar-refractivity contribution in [2.45, 2.75) is 0 Å². The molecule has 0 saturated carbocycles. The van der Waals surface area contributed by atoms with E-state index >= 15 is 0 Å². The fourth-order valence-corrected chi connectivity index (χ4v) is 0.742. The van der Waals surface area contributed by atoms with E-state index in [9.17, 15) is 0 Å². The largest absolute Gasteiger partial charge is 0.368 e. The van der Waals surface area contributed by atoms with Gasteiger partial charge in [-0.05, 0) is 0 Å². The standard InChI is InChI=1S/C6H9N7/c1-8-12-4-3-5(13-9-2)11-6(7)10-4/h3H,1-2H2,(H4,7,10,11,12,13). The zero-order valence-electron chi connectivity index (χ0n) is 6.86. The zero-order valence-corrected chi connectivity index (χ0v) is 6.86. The minimum Gasteiger partial charge on any atom is -0.368 e. The topological polar surface area (TPSA) is 101 Å². The summed E-state index contributed by atoms with van der Waals surface area (Å²) < 4.78 is 0. The second kappa shape index (κ2) is 4.00. The maximum Gasteiger partial charge on any atom is 0.224 e. The molecule has 1 heterocycles. The van der Waals surface area contributed by atoms with Crippen LogP contribution in [0.25, 0.3) is 0 Å². The van der Waals surface area contributed by atoms with Gasteiger partial charge in [-0.25, -0.2) is 0 Å². The summed E-state index contributed by atoms with van der Waals surface area (Å²) in [5, 5.41) is 6.86. The number of nitrogens with two attached hydrogens (primary N) is 1. The summed E-state index contributed by atoms with van der Waals surface area (Å²) in [6.45, 7) is 6.49. The lowest BCUT2D eigenvalue weighted by molar-refractivity contribution is 1.14. The van der Waals surface area contributed by atoms with Crippen LogP contribution in [0, 0.1) is 0 Å². The number of hydrogen-bond donors (Lipinski definition) is 3. The van der Waals surface area contributed by atoms with Crippen molar-refractivity contribution < 1.29 is 0 Å². The van der Waals surface area contributed by atoms with Gasteiger partial charge >= 0.3 is 0 Å². The summed E-state index contributed by atoms with van der Waals surface area (Å²) in [4.78, 5) is 7.65. The molecule has 1 aromatic rings. The van der Waals surface area contributed by atoms with E-state index in [4.69, 9.17) is 5.73 Å². The van der Waals surface area contributed by atoms with E-state index in [1.807, 2.05) is 0 Å². The van der Waals surface area contributed by atoms with Gasteiger partial charge in [-0.1, -0.05) is 0 Å². The third-order valence-electron chi connectivity index (χ3n) is 1.13. The maximum atomic E-state index is 5.39. The molecule has 1 rings (SSSR count). The molecule has 0 saturated heterocycles. The normalized spacial score (nSPS) is 8.92. The van der Waals surface area contributed by atoms with Gasteiger partial charge in [0.05, 0.1) is 0 Å². The number of rotatable bonds is 4. The lowest BCUT2D eigenvalue weighted by atomic mass is 10.5. The zero-order chi connectivity index (χ0) is 9.68. The van der Waals surface area contributed by atoms with Gasteiger partial charge in [0, 0.05) is 19.5 Å². The molecule has 0 aliphatic rings. The second-order valence-corrected chi connectivity index (χ2v) is 2.04. The number of hydrazone groups is 2. The number of nitrogens with zero attached hydrogens (tertiary/aromatic N) is 4. The first-order chi connectivity index (χ1) is 6.26. The van der Waals surface area contributed by atoms with Crippen LogP contribution in [0.3, 0.4) is 0 Å². The average molecular weight is 179 g/mol. The third-order valence-corrected chi connectivity index (χ3v) is 1.13. The van der Waals surface area contributed by atoms with Gasteiger partial charge in [0.1, 0.15) is 0 Å². The molecule has 13 heavy (non-hydrogen) atoms. The van der Waals surface area contributed by atoms with E-state index < -0.39 is 0 Å². The average Bonchev–Trinajstić information content (AvgIpc) is 2.04. The first-order valence-corrected chi connectivity index (χ1v) is 3.34. The Bertz CT molecular complexity index is 293. The molecule has 0 aliphatic heterocycles. The van der Waals surface area contributed by atoms with E-state index in [0.717, 1.165) is 0 Å². The summed E-state index contributed by atoms with van der Waals surface area (Å²) in [5.41, 5.74) is 10.4. The van der Waals surface area contributed by atoms with Gasteiger partial charge in [0.25, 0.3) is 0 Å². The van der Waals surface area contributed by atoms with Gasteiger partial charge in [0.15, 0.2) is 11.6 Å². The van der Waals surface area contributed by atoms with Gasteiger partial charge in [-0.15, -0.1) is 0 Å². The van der Waals surface area contributed by atoms with Crippen LogP contribution in [-0.4, -0.2) is 23.4 Å². The highest BCUT2D eigenvalue weighted by Gasteiger charge is 1.99. The number of nitrogen functional groups attached to an aromatic ring is 1. The minimum atomic E-state index is 0.111. The number of nitrogens with one attached hydrogen (secondary N) is 2. The van der Waals surface area contributed by atoms with Crippen molar-refractivity contribution in [3.8, 4) is 0 Å². The Balaban J connectivity index is 2.95. The summed E-state index contributed by atoms with van der Waals surface area (Å²) in [5.74, 6) is 0.988. The molecule has 1 aromatic heterocycles. The minimum absolute atomic E-state index is 0.111. The van der Waals surface area contributed by atoms with Crippen LogP contribution in [0.2, 0.25) is 0 Å². The molecule has 4 N–H and O–H groups in total. The Morgan fingerprint density at radius 3 is 2.00 bits per heavy atom. The Hall–Kier alpha value is -2.18. The highest BCUT2D eigenvalue weighted by atomic mass is 15.3. The van der Waals surface area contributed by atoms with E-state index in [1.165, 1.54) is 0 Å². The molecule has 7 nitrogen and oxygen atoms in total. The molecule has 0 fully saturated rings. The second-order valence-electron chi connectivity index (χ2n) is 2.04. The Morgan fingerprint density at radius 1 is 1.15 bits per heavy atom. The molecule has 7 heteroatoms. The predicted octanol–water partition coefficient (Wildman–Crippen LogP) is 0.114. The monoisotopic (exact) mass is 179 g/mol. The molecular formula is C6H9N7. The third kappa shape index (κ3) is 2.40. The van der Waals surface area contributed by atoms with Crippen molar-refractivity contribution >= 4 is 31.0 Å². The van der Waals surface area contributed by atoms with Gasteiger partial charge in [-0.3, -0.25) is 10.9 Å². The number of anilines is 3. The molecule has 0 aromatic carbocycles. The molecule has 68 valence electrons. The van der Waals surface area contributed by atoms with Crippen molar-refractivity contribution in [2.24, 2.45) is 10.2 Å². The van der Waals surface area contributed by atoms with Gasteiger partial charge in [-0.2, -0.15) is 20.2 Å². The van der Waals surface area contributed by atoms with Crippen LogP contribution in [0.5, 0.6) is 0 Å². The summed E-state index contributed by atoms with van der Waals surface area (Å²) in [7, 11) is 0. The van der Waals surface area contributed by atoms with E-state index in [2.05, 4.69) is 44.5 Å². The van der Waals surface area contributed by atoms with Crippen LogP contribution in [0.4, 0.5) is 17.6 Å². The highest BCUT2D eigenvalue weighted by molar-refractivity contribution is 5.51. The summed E-state index contributed by atoms with van der Waals surface area (Å²) in [6, 6.07) is 1.57. The number of aromatic nitrogens is 2. The maximum absolute atomic E-state index is 5.39. The van der Waals surface area contributed by atoms with Crippen molar-refractivity contribution in [1.82, 2.24) is 9.97 Å². The molecule has 0 aliphatic carbocycles. The van der Waals surface area contributed by atoms with E-state index in [1.54, 1.807) is 6.07 Å². The van der Waals surface area contributed by atoms with Crippen LogP contribution in [0.1, 0.15) is 0 Å². The van der Waals surface area contributed by atoms with Crippen LogP contribution in [-0.2, 0) is 0 Å². The summed E-state index contributed by atoms with van der Waals surface area (Å²) in [6.07, 6.45) is 0. The summed E-state index contributed by atoms with van der Waals surface area (Å²) >= 11 is 0. The fraction of sp³-hybridized carbons (Fsp3) is 0. The first kappa shape index (κ1) is 8.91. The lowest BCUT2D eigenvalue weighted by Crippen LogP contribution is -2.02. The smallest absolute Gasteiger partial charge is 0.224 e.